The standard InChI is InChI=1S/C10H14O.Cl2S2/c1-10(2,3)8-4-6-9(11)7-5-8;1-3-4-2/h4-7,11H,1-3H3;. The Hall–Kier alpha value is 0.300. The van der Waals surface area contributed by atoms with Crippen molar-refractivity contribution in [3.05, 3.63) is 29.8 Å². The Balaban J connectivity index is 0.000000423. The summed E-state index contributed by atoms with van der Waals surface area (Å²) in [5.41, 5.74) is 1.42. The minimum atomic E-state index is 0.174. The number of phenols is 1. The predicted molar refractivity (Wildman–Crippen MR) is 73.7 cm³/mol. The van der Waals surface area contributed by atoms with Crippen molar-refractivity contribution < 1.29 is 5.11 Å². The molecule has 1 aromatic rings. The van der Waals surface area contributed by atoms with Gasteiger partial charge in [-0.15, -0.1) is 0 Å². The van der Waals surface area contributed by atoms with Gasteiger partial charge in [0.15, 0.2) is 0 Å². The van der Waals surface area contributed by atoms with Gasteiger partial charge >= 0.3 is 0 Å². The summed E-state index contributed by atoms with van der Waals surface area (Å²) in [7, 11) is 11.9. The highest BCUT2D eigenvalue weighted by atomic mass is 35.8. The smallest absolute Gasteiger partial charge is 0.115 e. The zero-order chi connectivity index (χ0) is 11.9. The molecular formula is C10H14Cl2OS2. The molecule has 15 heavy (non-hydrogen) atoms. The quantitative estimate of drug-likeness (QED) is 0.701. The van der Waals surface area contributed by atoms with Crippen LogP contribution >= 0.6 is 41.4 Å². The Bertz CT molecular complexity index is 268. The molecule has 1 rings (SSSR count). The molecule has 0 atom stereocenters. The van der Waals surface area contributed by atoms with Crippen molar-refractivity contribution in [1.29, 1.82) is 0 Å². The van der Waals surface area contributed by atoms with E-state index >= 15 is 0 Å². The Morgan fingerprint density at radius 3 is 1.67 bits per heavy atom. The number of benzene rings is 1. The van der Waals surface area contributed by atoms with E-state index in [0.29, 0.717) is 5.75 Å². The van der Waals surface area contributed by atoms with Crippen LogP contribution in [0.4, 0.5) is 0 Å². The topological polar surface area (TPSA) is 20.2 Å². The molecule has 86 valence electrons. The summed E-state index contributed by atoms with van der Waals surface area (Å²) in [6.45, 7) is 6.46. The molecular weight excluding hydrogens is 271 g/mol. The number of halogens is 2. The van der Waals surface area contributed by atoms with Crippen LogP contribution in [0.25, 0.3) is 0 Å². The SMILES string of the molecule is CC(C)(C)c1ccc(O)cc1.ClSSCl. The van der Waals surface area contributed by atoms with E-state index in [-0.39, 0.29) is 5.41 Å². The van der Waals surface area contributed by atoms with Gasteiger partial charge in [-0.3, -0.25) is 0 Å². The molecule has 0 radical (unpaired) electrons. The molecule has 0 saturated carbocycles. The van der Waals surface area contributed by atoms with E-state index in [9.17, 15) is 0 Å². The van der Waals surface area contributed by atoms with Gasteiger partial charge in [-0.2, -0.15) is 0 Å². The molecule has 0 aliphatic carbocycles. The Morgan fingerprint density at radius 1 is 1.00 bits per heavy atom. The van der Waals surface area contributed by atoms with Crippen LogP contribution in [0.3, 0.4) is 0 Å². The monoisotopic (exact) mass is 284 g/mol. The van der Waals surface area contributed by atoms with E-state index in [4.69, 9.17) is 26.5 Å². The summed E-state index contributed by atoms with van der Waals surface area (Å²) >= 11 is 0. The number of phenolic OH excluding ortho intramolecular Hbond substituents is 1. The second-order valence-corrected chi connectivity index (χ2v) is 7.20. The molecule has 0 aliphatic rings. The van der Waals surface area contributed by atoms with Gasteiger partial charge in [-0.25, -0.2) is 0 Å². The highest BCUT2D eigenvalue weighted by Crippen LogP contribution is 2.28. The Kier molecular flexibility index (Phi) is 7.70. The van der Waals surface area contributed by atoms with Crippen molar-refractivity contribution in [2.24, 2.45) is 0 Å². The molecule has 1 aromatic carbocycles. The summed E-state index contributed by atoms with van der Waals surface area (Å²) in [5, 5.41) is 9.02. The molecule has 0 heterocycles. The molecule has 1 N–H and O–H groups in total. The van der Waals surface area contributed by atoms with Gasteiger partial charge < -0.3 is 5.11 Å². The first-order valence-electron chi connectivity index (χ1n) is 4.27. The largest absolute Gasteiger partial charge is 0.508 e. The van der Waals surface area contributed by atoms with E-state index in [2.05, 4.69) is 20.8 Å². The molecule has 0 amide bonds. The Labute approximate surface area is 108 Å². The van der Waals surface area contributed by atoms with Crippen LogP contribution in [-0.2, 0) is 5.41 Å². The van der Waals surface area contributed by atoms with Gasteiger partial charge in [-0.05, 0) is 44.5 Å². The first-order valence-corrected chi connectivity index (χ1v) is 8.07. The fraction of sp³-hybridized carbons (Fsp3) is 0.400. The van der Waals surface area contributed by atoms with Crippen molar-refractivity contribution in [2.45, 2.75) is 26.2 Å². The third-order valence-electron chi connectivity index (χ3n) is 1.76. The highest BCUT2D eigenvalue weighted by molar-refractivity contribution is 8.92. The first kappa shape index (κ1) is 15.3. The van der Waals surface area contributed by atoms with Crippen LogP contribution in [0.2, 0.25) is 0 Å². The number of aromatic hydroxyl groups is 1. The van der Waals surface area contributed by atoms with Crippen molar-refractivity contribution in [1.82, 2.24) is 0 Å². The van der Waals surface area contributed by atoms with E-state index in [1.165, 1.54) is 5.56 Å². The number of hydrogen-bond donors (Lipinski definition) is 1. The molecule has 0 saturated heterocycles. The third-order valence-corrected chi connectivity index (χ3v) is 3.66. The fourth-order valence-electron chi connectivity index (χ4n) is 0.961. The molecule has 0 unspecified atom stereocenters. The first-order chi connectivity index (χ1) is 6.91. The maximum absolute atomic E-state index is 9.02. The van der Waals surface area contributed by atoms with Crippen molar-refractivity contribution in [2.75, 3.05) is 0 Å². The summed E-state index contributed by atoms with van der Waals surface area (Å²) in [4.78, 5) is 0. The average Bonchev–Trinajstić information content (AvgIpc) is 2.17. The third kappa shape index (κ3) is 7.23. The van der Waals surface area contributed by atoms with E-state index in [1.807, 2.05) is 12.1 Å². The van der Waals surface area contributed by atoms with Gasteiger partial charge in [0.05, 0.1) is 0 Å². The van der Waals surface area contributed by atoms with Gasteiger partial charge in [0.25, 0.3) is 0 Å². The summed E-state index contributed by atoms with van der Waals surface area (Å²) < 4.78 is 0. The van der Waals surface area contributed by atoms with E-state index in [1.54, 1.807) is 12.1 Å². The van der Waals surface area contributed by atoms with Crippen LogP contribution < -0.4 is 0 Å². The van der Waals surface area contributed by atoms with E-state index in [0.717, 1.165) is 20.0 Å². The summed E-state index contributed by atoms with van der Waals surface area (Å²) in [6.07, 6.45) is 0. The number of hydrogen-bond acceptors (Lipinski definition) is 3. The zero-order valence-electron chi connectivity index (χ0n) is 8.83. The molecule has 0 fully saturated rings. The second kappa shape index (κ2) is 7.55. The van der Waals surface area contributed by atoms with Crippen LogP contribution in [0.1, 0.15) is 26.3 Å². The van der Waals surface area contributed by atoms with Gasteiger partial charge in [0, 0.05) is 20.0 Å². The molecule has 1 nitrogen and oxygen atoms in total. The molecule has 0 aromatic heterocycles. The molecule has 5 heteroatoms. The number of rotatable bonds is 1. The van der Waals surface area contributed by atoms with Crippen molar-refractivity contribution in [3.8, 4) is 5.75 Å². The lowest BCUT2D eigenvalue weighted by atomic mass is 9.87. The van der Waals surface area contributed by atoms with Gasteiger partial charge in [-0.1, -0.05) is 32.9 Å². The van der Waals surface area contributed by atoms with Crippen LogP contribution in [0, 0.1) is 0 Å². The maximum atomic E-state index is 9.02. The average molecular weight is 285 g/mol. The fourth-order valence-corrected chi connectivity index (χ4v) is 0.961. The lowest BCUT2D eigenvalue weighted by Gasteiger charge is -2.18. The highest BCUT2D eigenvalue weighted by Gasteiger charge is 2.12. The van der Waals surface area contributed by atoms with E-state index < -0.39 is 0 Å². The summed E-state index contributed by atoms with van der Waals surface area (Å²) in [6, 6.07) is 7.35. The zero-order valence-corrected chi connectivity index (χ0v) is 12.0. The summed E-state index contributed by atoms with van der Waals surface area (Å²) in [5.74, 6) is 0.331. The molecule has 0 bridgehead atoms. The lowest BCUT2D eigenvalue weighted by Crippen LogP contribution is -2.10. The van der Waals surface area contributed by atoms with Crippen molar-refractivity contribution >= 4 is 41.4 Å². The van der Waals surface area contributed by atoms with Crippen molar-refractivity contribution in [3.63, 3.8) is 0 Å². The Morgan fingerprint density at radius 2 is 1.40 bits per heavy atom. The minimum Gasteiger partial charge on any atom is -0.508 e. The van der Waals surface area contributed by atoms with Crippen LogP contribution in [0.5, 0.6) is 5.75 Å². The maximum Gasteiger partial charge on any atom is 0.115 e. The van der Waals surface area contributed by atoms with Gasteiger partial charge in [0.1, 0.15) is 5.75 Å². The molecule has 0 spiro atoms. The minimum absolute atomic E-state index is 0.174. The van der Waals surface area contributed by atoms with Gasteiger partial charge in [0.2, 0.25) is 0 Å². The normalized spacial score (nSPS) is 10.5. The lowest BCUT2D eigenvalue weighted by molar-refractivity contribution is 0.474. The second-order valence-electron chi connectivity index (χ2n) is 3.92. The van der Waals surface area contributed by atoms with Crippen LogP contribution in [0.15, 0.2) is 24.3 Å². The predicted octanol–water partition coefficient (Wildman–Crippen LogP) is 5.37. The van der Waals surface area contributed by atoms with Crippen LogP contribution in [-0.4, -0.2) is 5.11 Å². The molecule has 0 aliphatic heterocycles.